The number of ketones is 1. The molecule has 2 heterocycles. The summed E-state index contributed by atoms with van der Waals surface area (Å²) in [6.07, 6.45) is 1.50. The number of hydrogen-bond acceptors (Lipinski definition) is 13. The van der Waals surface area contributed by atoms with E-state index in [1.54, 1.807) is 48.5 Å². The number of hydrogen-bond donors (Lipinski definition) is 0. The van der Waals surface area contributed by atoms with Crippen LogP contribution >= 0.6 is 23.4 Å². The molecule has 2 aromatic carbocycles. The van der Waals surface area contributed by atoms with Gasteiger partial charge in [0.05, 0.1) is 42.6 Å². The fourth-order valence-corrected chi connectivity index (χ4v) is 4.12. The number of carbonyl (C=O) groups excluding carboxylic acids is 5. The Labute approximate surface area is 411 Å². The molecule has 50 heavy (non-hydrogen) atoms. The summed E-state index contributed by atoms with van der Waals surface area (Å²) < 4.78 is 20.4. The van der Waals surface area contributed by atoms with Crippen molar-refractivity contribution in [1.29, 1.82) is 0 Å². The van der Waals surface area contributed by atoms with Crippen molar-refractivity contribution < 1.29 is 169 Å². The molecule has 0 atom stereocenters. The van der Waals surface area contributed by atoms with Crippen molar-refractivity contribution in [2.75, 3.05) is 14.2 Å². The van der Waals surface area contributed by atoms with Crippen LogP contribution in [0.4, 0.5) is 0 Å². The van der Waals surface area contributed by atoms with Crippen LogP contribution < -0.4 is 127 Å². The number of nitrogens with zero attached hydrogens (tertiary/aromatic N) is 2. The summed E-state index contributed by atoms with van der Waals surface area (Å²) >= 11 is 6.93. The molecule has 0 spiro atoms. The Morgan fingerprint density at radius 1 is 0.760 bits per heavy atom. The van der Waals surface area contributed by atoms with Crippen molar-refractivity contribution in [3.63, 3.8) is 0 Å². The Bertz CT molecular complexity index is 1610. The third-order valence-corrected chi connectivity index (χ3v) is 6.51. The van der Waals surface area contributed by atoms with Crippen molar-refractivity contribution >= 4 is 66.0 Å². The largest absolute Gasteiger partial charge is 1.00 e. The van der Waals surface area contributed by atoms with E-state index < -0.39 is 0 Å². The second-order valence-electron chi connectivity index (χ2n) is 9.21. The molecule has 0 saturated carbocycles. The number of esters is 2. The molecule has 4 rings (SSSR count). The van der Waals surface area contributed by atoms with Crippen LogP contribution in [-0.4, -0.2) is 53.3 Å². The van der Waals surface area contributed by atoms with Gasteiger partial charge in [-0.25, -0.2) is 19.6 Å². The summed E-state index contributed by atoms with van der Waals surface area (Å²) in [5, 5.41) is 0.0429. The van der Waals surface area contributed by atoms with Crippen LogP contribution in [0.5, 0.6) is 0 Å². The number of thiol groups is 1. The van der Waals surface area contributed by atoms with Crippen molar-refractivity contribution in [3.8, 4) is 22.9 Å². The standard InChI is InChI=1S/C15H15NO4S.C13H12ClNO3.C3H6O.C2H3O.HI.2K.H2S/c1-9-13(8-21-10(2)17)16-14(20-9)11-4-6-12(7-5-11)15(18)19-3;1-8-11(7-14)15-12(18-8)9-3-5-10(6-4-9)13(16)17-2;1-3(2)4;1-2-3;;;;/h4-7H,8H2,1-3H3;3-6H,7H2,1-2H3;1-2H3;1H3;1H;;;1H2/q;;;-1;;2*+1;/p-2. The third-order valence-electron chi connectivity index (χ3n) is 5.43. The number of aryl methyl sites for hydroxylation is 2. The first-order valence-corrected chi connectivity index (χ1v) is 15.1. The average molecular weight is 910 g/mol. The molecule has 4 aromatic rings. The molecule has 0 N–H and O–H groups in total. The molecule has 0 aliphatic heterocycles. The van der Waals surface area contributed by atoms with Gasteiger partial charge in [-0.1, -0.05) is 11.8 Å². The van der Waals surface area contributed by atoms with E-state index in [1.807, 2.05) is 13.8 Å². The van der Waals surface area contributed by atoms with Gasteiger partial charge in [-0.05, 0) is 76.2 Å². The molecule has 0 radical (unpaired) electrons. The maximum absolute atomic E-state index is 11.4. The molecular formula is C33H37ClIK2N2O9S2-. The molecule has 0 aliphatic rings. The fourth-order valence-electron chi connectivity index (χ4n) is 3.26. The Kier molecular flexibility index (Phi) is 35.3. The molecule has 0 bridgehead atoms. The van der Waals surface area contributed by atoms with E-state index in [0.29, 0.717) is 46.1 Å². The first-order valence-electron chi connectivity index (χ1n) is 13.6. The van der Waals surface area contributed by atoms with Gasteiger partial charge >= 0.3 is 115 Å². The molecule has 262 valence electrons. The molecule has 0 aliphatic carbocycles. The molecule has 0 fully saturated rings. The van der Waals surface area contributed by atoms with Gasteiger partial charge in [0.15, 0.2) is 5.12 Å². The number of aromatic nitrogens is 2. The van der Waals surface area contributed by atoms with Crippen LogP contribution in [0.2, 0.25) is 0 Å². The minimum atomic E-state index is -0.385. The first kappa shape index (κ1) is 56.5. The molecular weight excluding hydrogens is 873 g/mol. The Balaban J connectivity index is -0.000000336. The molecule has 0 amide bonds. The summed E-state index contributed by atoms with van der Waals surface area (Å²) in [5.41, 5.74) is 4.00. The van der Waals surface area contributed by atoms with Crippen molar-refractivity contribution in [1.82, 2.24) is 9.97 Å². The van der Waals surface area contributed by atoms with Gasteiger partial charge in [-0.15, -0.1) is 11.6 Å². The summed E-state index contributed by atoms with van der Waals surface area (Å²) in [6.45, 7) is 9.53. The normalized spacial score (nSPS) is 8.90. The summed E-state index contributed by atoms with van der Waals surface area (Å²) in [7, 11) is 2.69. The number of halogens is 2. The SMILES string of the molecule is CC(C)=O.COC(=O)c1ccc(-c2nc(CCl)c(C)o2)cc1.COC(=O)c1ccc(-c2nc(CSC(C)=O)c(C)o2)cc1.C[C-]=O.[I-].[K+].[K+].[SH-]. The van der Waals surface area contributed by atoms with Gasteiger partial charge in [0.2, 0.25) is 11.8 Å². The number of benzene rings is 2. The topological polar surface area (TPSA) is 156 Å². The van der Waals surface area contributed by atoms with Crippen LogP contribution in [0, 0.1) is 13.8 Å². The number of Topliss-reactive ketones (excluding diaryl/α,β-unsaturated/α-hetero) is 1. The number of thioether (sulfide) groups is 1. The smallest absolute Gasteiger partial charge is 1.00 e. The summed E-state index contributed by atoms with van der Waals surface area (Å²) in [5.74, 6) is 2.59. The predicted octanol–water partition coefficient (Wildman–Crippen LogP) is -2.16. The molecule has 0 saturated heterocycles. The molecule has 11 nitrogen and oxygen atoms in total. The summed E-state index contributed by atoms with van der Waals surface area (Å²) in [4.78, 5) is 60.4. The van der Waals surface area contributed by atoms with Crippen molar-refractivity contribution in [2.45, 2.75) is 53.2 Å². The maximum Gasteiger partial charge on any atom is 1.00 e. The zero-order valence-corrected chi connectivity index (χ0v) is 40.6. The predicted molar refractivity (Wildman–Crippen MR) is 184 cm³/mol. The van der Waals surface area contributed by atoms with Crippen LogP contribution in [0.1, 0.15) is 71.3 Å². The van der Waals surface area contributed by atoms with Crippen LogP contribution in [-0.2, 0) is 49.0 Å². The number of oxazole rings is 2. The van der Waals surface area contributed by atoms with Gasteiger partial charge in [0, 0.05) is 23.8 Å². The van der Waals surface area contributed by atoms with Gasteiger partial charge in [-0.2, -0.15) is 6.92 Å². The van der Waals surface area contributed by atoms with Crippen LogP contribution in [0.25, 0.3) is 22.9 Å². The minimum absolute atomic E-state index is 0. The fraction of sp³-hybridized carbons (Fsp3) is 0.303. The van der Waals surface area contributed by atoms with E-state index >= 15 is 0 Å². The quantitative estimate of drug-likeness (QED) is 0.0377. The number of alkyl halides is 1. The second-order valence-corrected chi connectivity index (χ2v) is 10.6. The van der Waals surface area contributed by atoms with Gasteiger partial charge in [-0.3, -0.25) is 11.1 Å². The van der Waals surface area contributed by atoms with E-state index in [0.717, 1.165) is 22.5 Å². The summed E-state index contributed by atoms with van der Waals surface area (Å²) in [6, 6.07) is 13.7. The average Bonchev–Trinajstić information content (AvgIpc) is 3.61. The molecule has 2 aromatic heterocycles. The van der Waals surface area contributed by atoms with E-state index in [-0.39, 0.29) is 163 Å². The third kappa shape index (κ3) is 20.9. The molecule has 0 unspecified atom stereocenters. The Morgan fingerprint density at radius 2 is 1.08 bits per heavy atom. The van der Waals surface area contributed by atoms with Crippen molar-refractivity contribution in [2.24, 2.45) is 0 Å². The zero-order valence-electron chi connectivity index (χ0n) is 29.7. The van der Waals surface area contributed by atoms with E-state index in [1.165, 1.54) is 60.0 Å². The number of carbonyl (C=O) groups is 4. The van der Waals surface area contributed by atoms with Gasteiger partial charge in [0.25, 0.3) is 0 Å². The maximum atomic E-state index is 11.4. The monoisotopic (exact) mass is 909 g/mol. The molecule has 17 heteroatoms. The Morgan fingerprint density at radius 3 is 1.36 bits per heavy atom. The van der Waals surface area contributed by atoms with Crippen molar-refractivity contribution in [3.05, 3.63) is 82.6 Å². The Hall–Kier alpha value is -0.197. The van der Waals surface area contributed by atoms with Gasteiger partial charge < -0.3 is 65.4 Å². The zero-order chi connectivity index (χ0) is 34.8. The second kappa shape index (κ2) is 31.2. The first-order chi connectivity index (χ1) is 21.8. The minimum Gasteiger partial charge on any atom is -1.00 e. The van der Waals surface area contributed by atoms with E-state index in [9.17, 15) is 19.2 Å². The van der Waals surface area contributed by atoms with E-state index in [2.05, 4.69) is 19.4 Å². The number of rotatable bonds is 7. The number of ether oxygens (including phenoxy) is 2. The van der Waals surface area contributed by atoms with Gasteiger partial charge in [0.1, 0.15) is 17.3 Å². The van der Waals surface area contributed by atoms with Crippen LogP contribution in [0.15, 0.2) is 57.4 Å². The van der Waals surface area contributed by atoms with Crippen LogP contribution in [0.3, 0.4) is 0 Å². The van der Waals surface area contributed by atoms with E-state index in [4.69, 9.17) is 25.2 Å². The number of methoxy groups -OCH3 is 2.